The van der Waals surface area contributed by atoms with Crippen LogP contribution in [0, 0.1) is 5.82 Å². The third-order valence-electron chi connectivity index (χ3n) is 8.69. The van der Waals surface area contributed by atoms with Crippen LogP contribution in [-0.2, 0) is 9.53 Å². The number of ether oxygens (including phenoxy) is 3. The number of amides is 2. The van der Waals surface area contributed by atoms with Gasteiger partial charge in [-0.05, 0) is 60.7 Å². The first-order valence-corrected chi connectivity index (χ1v) is 16.8. The van der Waals surface area contributed by atoms with Gasteiger partial charge in [0.2, 0.25) is 0 Å². The second-order valence-electron chi connectivity index (χ2n) is 11.6. The fraction of sp³-hybridized carbons (Fsp3) is 0.257. The maximum Gasteiger partial charge on any atom is 0.338 e. The Morgan fingerprint density at radius 3 is 2.43 bits per heavy atom. The lowest BCUT2D eigenvalue weighted by atomic mass is 9.95. The number of nitrogens with zero attached hydrogens (tertiary/aromatic N) is 5. The van der Waals surface area contributed by atoms with E-state index in [1.165, 1.54) is 36.6 Å². The smallest absolute Gasteiger partial charge is 0.338 e. The topological polar surface area (TPSA) is 109 Å². The van der Waals surface area contributed by atoms with Crippen LogP contribution >= 0.6 is 22.9 Å². The second kappa shape index (κ2) is 13.9. The zero-order chi connectivity index (χ0) is 34.1. The van der Waals surface area contributed by atoms with Gasteiger partial charge in [-0.15, -0.1) is 11.3 Å². The molecule has 14 heteroatoms. The molecule has 2 saturated heterocycles. The van der Waals surface area contributed by atoms with Crippen molar-refractivity contribution in [2.24, 2.45) is 4.99 Å². The molecular formula is C35H32ClFN6O5S. The molecule has 1 aromatic heterocycles. The highest BCUT2D eigenvalue weighted by Gasteiger charge is 2.42. The summed E-state index contributed by atoms with van der Waals surface area (Å²) in [6.45, 7) is 2.52. The monoisotopic (exact) mass is 702 g/mol. The van der Waals surface area contributed by atoms with Gasteiger partial charge in [0.25, 0.3) is 0 Å². The van der Waals surface area contributed by atoms with Crippen molar-refractivity contribution in [3.8, 4) is 17.2 Å². The number of aromatic nitrogens is 1. The number of carbonyl (C=O) groups is 2. The molecule has 11 nitrogen and oxygen atoms in total. The number of hydrogen-bond acceptors (Lipinski definition) is 10. The molecule has 3 aromatic carbocycles. The van der Waals surface area contributed by atoms with Crippen LogP contribution in [0.3, 0.4) is 0 Å². The second-order valence-corrected chi connectivity index (χ2v) is 12.9. The van der Waals surface area contributed by atoms with Crippen molar-refractivity contribution in [1.29, 1.82) is 0 Å². The van der Waals surface area contributed by atoms with Gasteiger partial charge in [-0.25, -0.2) is 19.0 Å². The van der Waals surface area contributed by atoms with E-state index in [0.29, 0.717) is 66.3 Å². The minimum atomic E-state index is -0.850. The number of thiazole rings is 1. The first-order chi connectivity index (χ1) is 23.8. The van der Waals surface area contributed by atoms with E-state index in [9.17, 15) is 14.0 Å². The van der Waals surface area contributed by atoms with Crippen LogP contribution in [0.25, 0.3) is 0 Å². The lowest BCUT2D eigenvalue weighted by molar-refractivity contribution is -0.136. The van der Waals surface area contributed by atoms with Crippen molar-refractivity contribution in [2.45, 2.75) is 12.1 Å². The van der Waals surface area contributed by atoms with E-state index in [-0.39, 0.29) is 22.7 Å². The fourth-order valence-electron chi connectivity index (χ4n) is 6.30. The average Bonchev–Trinajstić information content (AvgIpc) is 3.77. The molecule has 2 atom stereocenters. The standard InChI is InChI=1S/C35H32ClFN6O5S/c1-46-24-8-10-26(11-9-24)48-25-6-4-22(5-7-25)43-19-23-18-41(14-15-42(23)35(43)45)20-29-30(34(44)47-2)31(27-12-3-21(37)17-28(27)36)40-32(39-29)33-38-13-16-49-33/h3-13,16-17,23,31H,14-15,18-20H2,1-2H3,(H,39,40). The highest BCUT2D eigenvalue weighted by atomic mass is 35.5. The molecule has 0 aliphatic carbocycles. The minimum absolute atomic E-state index is 0.0528. The van der Waals surface area contributed by atoms with Crippen molar-refractivity contribution in [1.82, 2.24) is 20.1 Å². The zero-order valence-corrected chi connectivity index (χ0v) is 28.2. The van der Waals surface area contributed by atoms with E-state index in [1.54, 1.807) is 18.2 Å². The van der Waals surface area contributed by atoms with Crippen LogP contribution in [-0.4, -0.2) is 85.6 Å². The lowest BCUT2D eigenvalue weighted by Gasteiger charge is -2.38. The van der Waals surface area contributed by atoms with Crippen molar-refractivity contribution in [2.75, 3.05) is 51.8 Å². The zero-order valence-electron chi connectivity index (χ0n) is 26.6. The molecule has 4 heterocycles. The third-order valence-corrected chi connectivity index (χ3v) is 9.79. The molecule has 252 valence electrons. The summed E-state index contributed by atoms with van der Waals surface area (Å²) in [5, 5.41) is 5.95. The number of methoxy groups -OCH3 is 2. The molecule has 2 amide bonds. The number of esters is 1. The fourth-order valence-corrected chi connectivity index (χ4v) is 7.16. The molecule has 4 aromatic rings. The van der Waals surface area contributed by atoms with Gasteiger partial charge in [-0.3, -0.25) is 14.8 Å². The van der Waals surface area contributed by atoms with Gasteiger partial charge in [-0.1, -0.05) is 17.7 Å². The Bertz CT molecular complexity index is 1920. The number of amidine groups is 1. The van der Waals surface area contributed by atoms with E-state index >= 15 is 0 Å². The number of aliphatic imine (C=N–C) groups is 1. The SMILES string of the molecule is COC(=O)C1=C(CN2CCN3C(=O)N(c4ccc(Oc5ccc(OC)cc5)cc4)CC3C2)NC(c2nccs2)=NC1c1ccc(F)cc1Cl. The van der Waals surface area contributed by atoms with Crippen LogP contribution < -0.4 is 19.7 Å². The molecule has 3 aliphatic heterocycles. The van der Waals surface area contributed by atoms with E-state index in [0.717, 1.165) is 11.4 Å². The number of rotatable bonds is 9. The van der Waals surface area contributed by atoms with Crippen molar-refractivity contribution in [3.05, 3.63) is 111 Å². The summed E-state index contributed by atoms with van der Waals surface area (Å²) in [5.41, 5.74) is 2.11. The third kappa shape index (κ3) is 6.69. The molecule has 0 radical (unpaired) electrons. The number of nitrogens with one attached hydrogen (secondary N) is 1. The Morgan fingerprint density at radius 1 is 1.02 bits per heavy atom. The van der Waals surface area contributed by atoms with Crippen molar-refractivity contribution in [3.63, 3.8) is 0 Å². The van der Waals surface area contributed by atoms with E-state index in [2.05, 4.69) is 15.2 Å². The summed E-state index contributed by atoms with van der Waals surface area (Å²) in [4.78, 5) is 42.0. The van der Waals surface area contributed by atoms with Crippen molar-refractivity contribution < 1.29 is 28.2 Å². The first kappa shape index (κ1) is 32.6. The van der Waals surface area contributed by atoms with Crippen molar-refractivity contribution >= 4 is 46.5 Å². The van der Waals surface area contributed by atoms with E-state index < -0.39 is 17.8 Å². The van der Waals surface area contributed by atoms with Crippen LogP contribution in [0.4, 0.5) is 14.9 Å². The molecule has 0 bridgehead atoms. The quantitative estimate of drug-likeness (QED) is 0.216. The summed E-state index contributed by atoms with van der Waals surface area (Å²) in [6.07, 6.45) is 1.67. The van der Waals surface area contributed by atoms with Gasteiger partial charge < -0.3 is 24.4 Å². The predicted octanol–water partition coefficient (Wildman–Crippen LogP) is 5.88. The predicted molar refractivity (Wildman–Crippen MR) is 184 cm³/mol. The number of hydrogen-bond donors (Lipinski definition) is 1. The van der Waals surface area contributed by atoms with E-state index in [1.807, 2.05) is 58.8 Å². The molecule has 1 N–H and O–H groups in total. The molecule has 2 fully saturated rings. The molecule has 0 saturated carbocycles. The highest BCUT2D eigenvalue weighted by Crippen LogP contribution is 2.37. The lowest BCUT2D eigenvalue weighted by Crippen LogP contribution is -2.53. The largest absolute Gasteiger partial charge is 0.497 e. The maximum atomic E-state index is 14.0. The van der Waals surface area contributed by atoms with Crippen LogP contribution in [0.2, 0.25) is 5.02 Å². The Kier molecular flexibility index (Phi) is 9.21. The molecule has 49 heavy (non-hydrogen) atoms. The number of benzene rings is 3. The van der Waals surface area contributed by atoms with E-state index in [4.69, 9.17) is 30.8 Å². The number of piperazine rings is 1. The molecule has 2 unspecified atom stereocenters. The number of urea groups is 1. The van der Waals surface area contributed by atoms with Crippen LogP contribution in [0.15, 0.2) is 94.6 Å². The number of carbonyl (C=O) groups excluding carboxylic acids is 2. The minimum Gasteiger partial charge on any atom is -0.497 e. The number of anilines is 1. The number of halogens is 2. The first-order valence-electron chi connectivity index (χ1n) is 15.5. The highest BCUT2D eigenvalue weighted by molar-refractivity contribution is 7.11. The average molecular weight is 703 g/mol. The van der Waals surface area contributed by atoms with Gasteiger partial charge in [0.15, 0.2) is 10.8 Å². The van der Waals surface area contributed by atoms with Gasteiger partial charge in [-0.2, -0.15) is 0 Å². The summed E-state index contributed by atoms with van der Waals surface area (Å²) in [5.74, 6) is 1.48. The molecule has 0 spiro atoms. The molecule has 3 aliphatic rings. The number of fused-ring (bicyclic) bond motifs is 1. The Morgan fingerprint density at radius 2 is 1.76 bits per heavy atom. The summed E-state index contributed by atoms with van der Waals surface area (Å²) >= 11 is 7.90. The van der Waals surface area contributed by atoms with Crippen LogP contribution in [0.1, 0.15) is 16.6 Å². The molecular weight excluding hydrogens is 671 g/mol. The van der Waals surface area contributed by atoms with Gasteiger partial charge in [0.05, 0.1) is 25.8 Å². The Labute approximate surface area is 291 Å². The normalized spacial score (nSPS) is 19.3. The summed E-state index contributed by atoms with van der Waals surface area (Å²) in [7, 11) is 2.93. The van der Waals surface area contributed by atoms with Gasteiger partial charge >= 0.3 is 12.0 Å². The summed E-state index contributed by atoms with van der Waals surface area (Å²) in [6, 6.07) is 17.8. The summed E-state index contributed by atoms with van der Waals surface area (Å²) < 4.78 is 30.4. The Hall–Kier alpha value is -4.98. The molecule has 7 rings (SSSR count). The maximum absolute atomic E-state index is 14.0. The van der Waals surface area contributed by atoms with Gasteiger partial charge in [0.1, 0.15) is 29.1 Å². The Balaban J connectivity index is 1.09. The van der Waals surface area contributed by atoms with Gasteiger partial charge in [0, 0.05) is 66.3 Å². The van der Waals surface area contributed by atoms with Crippen LogP contribution in [0.5, 0.6) is 17.2 Å².